The van der Waals surface area contributed by atoms with Crippen LogP contribution in [0.1, 0.15) is 45.4 Å². The third-order valence-corrected chi connectivity index (χ3v) is 5.97. The number of likely N-dealkylation sites (tertiary alicyclic amines) is 1. The molecule has 4 rings (SSSR count). The Morgan fingerprint density at radius 2 is 1.85 bits per heavy atom. The molecular weight excluding hydrogens is 420 g/mol. The van der Waals surface area contributed by atoms with E-state index in [1.165, 1.54) is 0 Å². The van der Waals surface area contributed by atoms with Crippen molar-refractivity contribution in [2.24, 2.45) is 0 Å². The normalized spacial score (nSPS) is 15.7. The van der Waals surface area contributed by atoms with E-state index in [0.29, 0.717) is 41.6 Å². The highest BCUT2D eigenvalue weighted by molar-refractivity contribution is 5.98. The fraction of sp³-hybridized carbons (Fsp3) is 0.320. The Labute approximate surface area is 192 Å². The molecule has 0 saturated carbocycles. The molecule has 3 aromatic rings. The number of rotatable bonds is 6. The van der Waals surface area contributed by atoms with Gasteiger partial charge in [-0.3, -0.25) is 9.59 Å². The van der Waals surface area contributed by atoms with Gasteiger partial charge in [-0.2, -0.15) is 0 Å². The van der Waals surface area contributed by atoms with Crippen LogP contribution in [0, 0.1) is 0 Å². The molecule has 0 spiro atoms. The summed E-state index contributed by atoms with van der Waals surface area (Å²) in [6.45, 7) is 1.18. The standard InChI is InChI=1S/C25H28N4O4/c1-26-24(30)22-21(16-10-12-18(32-2)13-11-16)27-23(28-22)17-7-6-14-29(15-17)25(31)19-8-4-5-9-20(19)33-3/h4-5,8-13,17H,6-7,14-15H2,1-3H3,(H,26,30)(H,27,28)/t17-/m0/s1. The van der Waals surface area contributed by atoms with Crippen molar-refractivity contribution in [3.63, 3.8) is 0 Å². The van der Waals surface area contributed by atoms with E-state index < -0.39 is 0 Å². The molecule has 1 aromatic heterocycles. The number of aromatic nitrogens is 2. The molecule has 1 atom stereocenters. The van der Waals surface area contributed by atoms with E-state index >= 15 is 0 Å². The summed E-state index contributed by atoms with van der Waals surface area (Å²) in [5, 5.41) is 2.68. The predicted octanol–water partition coefficient (Wildman–Crippen LogP) is 3.47. The minimum Gasteiger partial charge on any atom is -0.497 e. The lowest BCUT2D eigenvalue weighted by Gasteiger charge is -2.32. The van der Waals surface area contributed by atoms with E-state index in [1.807, 2.05) is 41.3 Å². The van der Waals surface area contributed by atoms with Crippen LogP contribution in [-0.2, 0) is 0 Å². The molecule has 1 saturated heterocycles. The zero-order valence-corrected chi connectivity index (χ0v) is 19.1. The average Bonchev–Trinajstić information content (AvgIpc) is 3.33. The first-order valence-corrected chi connectivity index (χ1v) is 10.9. The van der Waals surface area contributed by atoms with E-state index in [-0.39, 0.29) is 17.7 Å². The fourth-order valence-electron chi connectivity index (χ4n) is 4.21. The summed E-state index contributed by atoms with van der Waals surface area (Å²) in [4.78, 5) is 35.7. The number of methoxy groups -OCH3 is 2. The maximum atomic E-state index is 13.2. The summed E-state index contributed by atoms with van der Waals surface area (Å²) in [5.41, 5.74) is 2.35. The van der Waals surface area contributed by atoms with E-state index in [4.69, 9.17) is 14.5 Å². The van der Waals surface area contributed by atoms with Crippen molar-refractivity contribution < 1.29 is 19.1 Å². The lowest BCUT2D eigenvalue weighted by Crippen LogP contribution is -2.39. The molecule has 2 aromatic carbocycles. The van der Waals surface area contributed by atoms with Gasteiger partial charge in [0.2, 0.25) is 0 Å². The number of amides is 2. The summed E-state index contributed by atoms with van der Waals surface area (Å²) in [6, 6.07) is 14.7. The van der Waals surface area contributed by atoms with Crippen molar-refractivity contribution in [1.29, 1.82) is 0 Å². The van der Waals surface area contributed by atoms with Crippen molar-refractivity contribution in [3.8, 4) is 22.8 Å². The molecule has 1 aliphatic heterocycles. The van der Waals surface area contributed by atoms with Gasteiger partial charge in [0.05, 0.1) is 19.8 Å². The third kappa shape index (κ3) is 4.55. The van der Waals surface area contributed by atoms with Crippen molar-refractivity contribution in [1.82, 2.24) is 20.2 Å². The smallest absolute Gasteiger partial charge is 0.269 e. The highest BCUT2D eigenvalue weighted by atomic mass is 16.5. The highest BCUT2D eigenvalue weighted by Crippen LogP contribution is 2.31. The van der Waals surface area contributed by atoms with Crippen LogP contribution in [0.4, 0.5) is 0 Å². The molecule has 172 valence electrons. The number of para-hydroxylation sites is 1. The second-order valence-corrected chi connectivity index (χ2v) is 7.94. The van der Waals surface area contributed by atoms with Crippen LogP contribution in [-0.4, -0.2) is 61.0 Å². The number of benzene rings is 2. The van der Waals surface area contributed by atoms with Crippen molar-refractivity contribution in [2.75, 3.05) is 34.4 Å². The van der Waals surface area contributed by atoms with E-state index in [9.17, 15) is 9.59 Å². The van der Waals surface area contributed by atoms with Gasteiger partial charge >= 0.3 is 0 Å². The van der Waals surface area contributed by atoms with Gasteiger partial charge in [-0.1, -0.05) is 12.1 Å². The quantitative estimate of drug-likeness (QED) is 0.602. The monoisotopic (exact) mass is 448 g/mol. The van der Waals surface area contributed by atoms with Crippen LogP contribution < -0.4 is 14.8 Å². The van der Waals surface area contributed by atoms with Gasteiger partial charge in [0.1, 0.15) is 28.7 Å². The van der Waals surface area contributed by atoms with Crippen LogP contribution in [0.5, 0.6) is 11.5 Å². The molecule has 33 heavy (non-hydrogen) atoms. The van der Waals surface area contributed by atoms with Crippen LogP contribution in [0.25, 0.3) is 11.3 Å². The number of aromatic amines is 1. The SMILES string of the molecule is CNC(=O)c1[nH]c([C@H]2CCCN(C(=O)c3ccccc3OC)C2)nc1-c1ccc(OC)cc1. The number of nitrogens with one attached hydrogen (secondary N) is 2. The van der Waals surface area contributed by atoms with E-state index in [2.05, 4.69) is 10.3 Å². The van der Waals surface area contributed by atoms with Crippen LogP contribution >= 0.6 is 0 Å². The number of nitrogens with zero attached hydrogens (tertiary/aromatic N) is 2. The van der Waals surface area contributed by atoms with Gasteiger partial charge < -0.3 is 24.7 Å². The molecule has 8 nitrogen and oxygen atoms in total. The van der Waals surface area contributed by atoms with Gasteiger partial charge in [-0.05, 0) is 49.2 Å². The topological polar surface area (TPSA) is 96.6 Å². The number of ether oxygens (including phenoxy) is 2. The van der Waals surface area contributed by atoms with Crippen molar-refractivity contribution in [3.05, 3.63) is 65.6 Å². The molecule has 0 aliphatic carbocycles. The van der Waals surface area contributed by atoms with Gasteiger partial charge in [0.25, 0.3) is 11.8 Å². The van der Waals surface area contributed by atoms with E-state index in [0.717, 1.165) is 24.2 Å². The number of piperidine rings is 1. The second kappa shape index (κ2) is 9.77. The lowest BCUT2D eigenvalue weighted by atomic mass is 9.96. The van der Waals surface area contributed by atoms with Gasteiger partial charge in [-0.25, -0.2) is 4.98 Å². The van der Waals surface area contributed by atoms with Crippen LogP contribution in [0.15, 0.2) is 48.5 Å². The molecule has 0 unspecified atom stereocenters. The van der Waals surface area contributed by atoms with Gasteiger partial charge in [0, 0.05) is 31.6 Å². The Hall–Kier alpha value is -3.81. The number of carbonyl (C=O) groups is 2. The van der Waals surface area contributed by atoms with Crippen LogP contribution in [0.2, 0.25) is 0 Å². The third-order valence-electron chi connectivity index (χ3n) is 5.97. The number of hydrogen-bond donors (Lipinski definition) is 2. The second-order valence-electron chi connectivity index (χ2n) is 7.94. The lowest BCUT2D eigenvalue weighted by molar-refractivity contribution is 0.0701. The molecule has 1 aliphatic rings. The molecule has 0 radical (unpaired) electrons. The first kappa shape index (κ1) is 22.4. The number of carbonyl (C=O) groups excluding carboxylic acids is 2. The minimum atomic E-state index is -0.239. The number of imidazole rings is 1. The molecular formula is C25H28N4O4. The largest absolute Gasteiger partial charge is 0.497 e. The molecule has 0 bridgehead atoms. The first-order chi connectivity index (χ1) is 16.0. The maximum absolute atomic E-state index is 13.2. The Bertz CT molecular complexity index is 1140. The number of H-pyrrole nitrogens is 1. The summed E-state index contributed by atoms with van der Waals surface area (Å²) < 4.78 is 10.6. The Kier molecular flexibility index (Phi) is 6.63. The molecule has 1 fully saturated rings. The Morgan fingerprint density at radius 3 is 2.55 bits per heavy atom. The van der Waals surface area contributed by atoms with Gasteiger partial charge in [-0.15, -0.1) is 0 Å². The van der Waals surface area contributed by atoms with Gasteiger partial charge in [0.15, 0.2) is 0 Å². The fourth-order valence-corrected chi connectivity index (χ4v) is 4.21. The average molecular weight is 449 g/mol. The summed E-state index contributed by atoms with van der Waals surface area (Å²) in [7, 11) is 4.77. The first-order valence-electron chi connectivity index (χ1n) is 10.9. The van der Waals surface area contributed by atoms with Crippen molar-refractivity contribution >= 4 is 11.8 Å². The van der Waals surface area contributed by atoms with E-state index in [1.54, 1.807) is 33.4 Å². The van der Waals surface area contributed by atoms with Crippen LogP contribution in [0.3, 0.4) is 0 Å². The molecule has 2 amide bonds. The number of hydrogen-bond acceptors (Lipinski definition) is 5. The molecule has 8 heteroatoms. The molecule has 2 heterocycles. The summed E-state index contributed by atoms with van der Waals surface area (Å²) >= 11 is 0. The minimum absolute atomic E-state index is 0.00666. The molecule has 2 N–H and O–H groups in total. The predicted molar refractivity (Wildman–Crippen MR) is 125 cm³/mol. The zero-order chi connectivity index (χ0) is 23.4. The Balaban J connectivity index is 1.62. The summed E-state index contributed by atoms with van der Waals surface area (Å²) in [5.74, 6) is 1.69. The Morgan fingerprint density at radius 1 is 1.09 bits per heavy atom. The highest BCUT2D eigenvalue weighted by Gasteiger charge is 2.30. The van der Waals surface area contributed by atoms with Crippen molar-refractivity contribution in [2.45, 2.75) is 18.8 Å². The zero-order valence-electron chi connectivity index (χ0n) is 19.1. The maximum Gasteiger partial charge on any atom is 0.269 e. The summed E-state index contributed by atoms with van der Waals surface area (Å²) in [6.07, 6.45) is 1.72.